The fraction of sp³-hybridized carbons (Fsp3) is 0.467. The SMILES string of the molecule is CCCCC(O)C(C#Cc1ccccc1)C(F)(F)F. The molecule has 0 amide bonds. The molecule has 0 aliphatic rings. The minimum Gasteiger partial charge on any atom is -0.391 e. The molecule has 0 saturated carbocycles. The first-order valence-corrected chi connectivity index (χ1v) is 6.26. The van der Waals surface area contributed by atoms with Crippen molar-refractivity contribution >= 4 is 0 Å². The molecule has 4 heteroatoms. The maximum Gasteiger partial charge on any atom is 0.404 e. The Morgan fingerprint density at radius 3 is 2.37 bits per heavy atom. The van der Waals surface area contributed by atoms with Gasteiger partial charge in [0.2, 0.25) is 0 Å². The van der Waals surface area contributed by atoms with Crippen LogP contribution in [-0.2, 0) is 0 Å². The van der Waals surface area contributed by atoms with Gasteiger partial charge in [0.1, 0.15) is 5.92 Å². The highest BCUT2D eigenvalue weighted by molar-refractivity contribution is 5.34. The van der Waals surface area contributed by atoms with E-state index in [-0.39, 0.29) is 6.42 Å². The Bertz CT molecular complexity index is 428. The highest BCUT2D eigenvalue weighted by Crippen LogP contribution is 2.30. The molecule has 0 aromatic heterocycles. The number of hydrogen-bond acceptors (Lipinski definition) is 1. The van der Waals surface area contributed by atoms with Gasteiger partial charge < -0.3 is 5.11 Å². The zero-order valence-corrected chi connectivity index (χ0v) is 10.7. The molecule has 0 heterocycles. The first-order chi connectivity index (χ1) is 8.95. The summed E-state index contributed by atoms with van der Waals surface area (Å²) in [6.07, 6.45) is -4.55. The maximum atomic E-state index is 12.8. The van der Waals surface area contributed by atoms with Gasteiger partial charge in [-0.25, -0.2) is 0 Å². The molecule has 0 aliphatic carbocycles. The zero-order chi connectivity index (χ0) is 14.3. The van der Waals surface area contributed by atoms with E-state index in [2.05, 4.69) is 11.8 Å². The minimum atomic E-state index is -4.51. The van der Waals surface area contributed by atoms with Crippen LogP contribution in [0, 0.1) is 17.8 Å². The van der Waals surface area contributed by atoms with Gasteiger partial charge >= 0.3 is 6.18 Å². The fourth-order valence-electron chi connectivity index (χ4n) is 1.66. The Balaban J connectivity index is 2.85. The van der Waals surface area contributed by atoms with Crippen molar-refractivity contribution in [2.24, 2.45) is 5.92 Å². The molecule has 1 aromatic rings. The van der Waals surface area contributed by atoms with Crippen LogP contribution < -0.4 is 0 Å². The quantitative estimate of drug-likeness (QED) is 0.826. The lowest BCUT2D eigenvalue weighted by molar-refractivity contribution is -0.182. The van der Waals surface area contributed by atoms with Crippen molar-refractivity contribution in [2.45, 2.75) is 38.5 Å². The highest BCUT2D eigenvalue weighted by Gasteiger charge is 2.42. The van der Waals surface area contributed by atoms with Gasteiger partial charge in [-0.05, 0) is 18.6 Å². The van der Waals surface area contributed by atoms with Gasteiger partial charge in [0.05, 0.1) is 6.10 Å². The molecule has 0 saturated heterocycles. The first-order valence-electron chi connectivity index (χ1n) is 6.26. The third-order valence-corrected chi connectivity index (χ3v) is 2.74. The Labute approximate surface area is 111 Å². The summed E-state index contributed by atoms with van der Waals surface area (Å²) >= 11 is 0. The number of benzene rings is 1. The van der Waals surface area contributed by atoms with E-state index < -0.39 is 18.2 Å². The van der Waals surface area contributed by atoms with Crippen molar-refractivity contribution in [2.75, 3.05) is 0 Å². The second-order valence-corrected chi connectivity index (χ2v) is 4.36. The summed E-state index contributed by atoms with van der Waals surface area (Å²) in [5.41, 5.74) is 0.513. The molecule has 2 unspecified atom stereocenters. The van der Waals surface area contributed by atoms with Crippen molar-refractivity contribution < 1.29 is 18.3 Å². The van der Waals surface area contributed by atoms with Crippen LogP contribution in [0.4, 0.5) is 13.2 Å². The molecule has 2 atom stereocenters. The van der Waals surface area contributed by atoms with Crippen molar-refractivity contribution in [1.82, 2.24) is 0 Å². The van der Waals surface area contributed by atoms with E-state index in [4.69, 9.17) is 0 Å². The third kappa shape index (κ3) is 5.35. The summed E-state index contributed by atoms with van der Waals surface area (Å²) in [6, 6.07) is 8.46. The smallest absolute Gasteiger partial charge is 0.391 e. The molecule has 1 N–H and O–H groups in total. The first kappa shape index (κ1) is 15.6. The van der Waals surface area contributed by atoms with E-state index >= 15 is 0 Å². The number of halogens is 3. The summed E-state index contributed by atoms with van der Waals surface area (Å²) in [5.74, 6) is 2.65. The monoisotopic (exact) mass is 270 g/mol. The standard InChI is InChI=1S/C15H17F3O/c1-2-3-9-14(19)13(15(16,17)18)11-10-12-7-5-4-6-8-12/h4-8,13-14,19H,2-3,9H2,1H3. The Hall–Kier alpha value is -1.47. The van der Waals surface area contributed by atoms with Crippen molar-refractivity contribution in [1.29, 1.82) is 0 Å². The number of rotatable bonds is 4. The molecular weight excluding hydrogens is 253 g/mol. The van der Waals surface area contributed by atoms with Gasteiger partial charge in [0.15, 0.2) is 0 Å². The van der Waals surface area contributed by atoms with E-state index in [1.165, 1.54) is 0 Å². The van der Waals surface area contributed by atoms with Gasteiger partial charge in [-0.1, -0.05) is 49.8 Å². The Morgan fingerprint density at radius 1 is 1.21 bits per heavy atom. The van der Waals surface area contributed by atoms with Crippen LogP contribution in [0.1, 0.15) is 31.7 Å². The lowest BCUT2D eigenvalue weighted by Crippen LogP contribution is -2.33. The largest absolute Gasteiger partial charge is 0.404 e. The Morgan fingerprint density at radius 2 is 1.84 bits per heavy atom. The molecule has 0 fully saturated rings. The fourth-order valence-corrected chi connectivity index (χ4v) is 1.66. The summed E-state index contributed by atoms with van der Waals surface area (Å²) in [5, 5.41) is 9.63. The number of alkyl halides is 3. The number of aliphatic hydroxyl groups excluding tert-OH is 1. The molecule has 104 valence electrons. The van der Waals surface area contributed by atoms with E-state index in [0.29, 0.717) is 12.0 Å². The molecule has 1 aromatic carbocycles. The number of unbranched alkanes of at least 4 members (excludes halogenated alkanes) is 1. The Kier molecular flexibility index (Phi) is 5.91. The topological polar surface area (TPSA) is 20.2 Å². The lowest BCUT2D eigenvalue weighted by atomic mass is 9.97. The molecule has 1 rings (SSSR count). The van der Waals surface area contributed by atoms with Crippen LogP contribution in [-0.4, -0.2) is 17.4 Å². The summed E-state index contributed by atoms with van der Waals surface area (Å²) < 4.78 is 38.5. The molecule has 0 spiro atoms. The predicted molar refractivity (Wildman–Crippen MR) is 68.4 cm³/mol. The minimum absolute atomic E-state index is 0.115. The average molecular weight is 270 g/mol. The number of hydrogen-bond donors (Lipinski definition) is 1. The third-order valence-electron chi connectivity index (χ3n) is 2.74. The van der Waals surface area contributed by atoms with Crippen LogP contribution in [0.15, 0.2) is 30.3 Å². The number of aliphatic hydroxyl groups is 1. The maximum absolute atomic E-state index is 12.8. The summed E-state index contributed by atoms with van der Waals surface area (Å²) in [4.78, 5) is 0. The van der Waals surface area contributed by atoms with E-state index in [1.54, 1.807) is 30.3 Å². The van der Waals surface area contributed by atoms with Crippen molar-refractivity contribution in [3.63, 3.8) is 0 Å². The van der Waals surface area contributed by atoms with E-state index in [9.17, 15) is 18.3 Å². The normalized spacial score (nSPS) is 14.4. The zero-order valence-electron chi connectivity index (χ0n) is 10.7. The highest BCUT2D eigenvalue weighted by atomic mass is 19.4. The molecule has 0 aliphatic heterocycles. The van der Waals surface area contributed by atoms with Crippen LogP contribution in [0.5, 0.6) is 0 Å². The summed E-state index contributed by atoms with van der Waals surface area (Å²) in [7, 11) is 0. The molecule has 0 bridgehead atoms. The van der Waals surface area contributed by atoms with Gasteiger partial charge in [-0.2, -0.15) is 13.2 Å². The van der Waals surface area contributed by atoms with Crippen LogP contribution in [0.25, 0.3) is 0 Å². The van der Waals surface area contributed by atoms with Crippen LogP contribution in [0.2, 0.25) is 0 Å². The molecule has 0 radical (unpaired) electrons. The molecule has 19 heavy (non-hydrogen) atoms. The average Bonchev–Trinajstić information content (AvgIpc) is 2.36. The lowest BCUT2D eigenvalue weighted by Gasteiger charge is -2.20. The van der Waals surface area contributed by atoms with Gasteiger partial charge in [0.25, 0.3) is 0 Å². The van der Waals surface area contributed by atoms with Gasteiger partial charge in [-0.3, -0.25) is 0 Å². The van der Waals surface area contributed by atoms with Gasteiger partial charge in [-0.15, -0.1) is 0 Å². The second-order valence-electron chi connectivity index (χ2n) is 4.36. The van der Waals surface area contributed by atoms with Crippen LogP contribution in [0.3, 0.4) is 0 Å². The predicted octanol–water partition coefficient (Wildman–Crippen LogP) is 3.77. The van der Waals surface area contributed by atoms with E-state index in [0.717, 1.165) is 6.42 Å². The van der Waals surface area contributed by atoms with Crippen molar-refractivity contribution in [3.05, 3.63) is 35.9 Å². The van der Waals surface area contributed by atoms with Crippen LogP contribution >= 0.6 is 0 Å². The molecular formula is C15H17F3O. The molecule has 1 nitrogen and oxygen atoms in total. The van der Waals surface area contributed by atoms with Crippen molar-refractivity contribution in [3.8, 4) is 11.8 Å². The van der Waals surface area contributed by atoms with E-state index in [1.807, 2.05) is 6.92 Å². The summed E-state index contributed by atoms with van der Waals surface area (Å²) in [6.45, 7) is 1.87. The van der Waals surface area contributed by atoms with Gasteiger partial charge in [0, 0.05) is 5.56 Å². The second kappa shape index (κ2) is 7.20.